The molecule has 3 nitrogen and oxygen atoms in total. The molecule has 0 amide bonds. The number of aliphatic hydroxyl groups is 2. The summed E-state index contributed by atoms with van der Waals surface area (Å²) in [5.41, 5.74) is -0.505. The molecule has 78 valence electrons. The van der Waals surface area contributed by atoms with E-state index in [-0.39, 0.29) is 13.2 Å². The number of hydrogen-bond donors (Lipinski definition) is 3. The average Bonchev–Trinajstić information content (AvgIpc) is 2.51. The van der Waals surface area contributed by atoms with Crippen molar-refractivity contribution in [3.63, 3.8) is 0 Å². The van der Waals surface area contributed by atoms with E-state index < -0.39 is 5.54 Å². The van der Waals surface area contributed by atoms with E-state index in [1.54, 1.807) is 0 Å². The Balaban J connectivity index is 2.38. The number of aliphatic hydroxyl groups excluding tert-OH is 2. The second-order valence-electron chi connectivity index (χ2n) is 4.64. The predicted molar refractivity (Wildman–Crippen MR) is 52.5 cm³/mol. The molecule has 0 heterocycles. The van der Waals surface area contributed by atoms with Gasteiger partial charge in [-0.3, -0.25) is 0 Å². The average molecular weight is 187 g/mol. The first-order chi connectivity index (χ1) is 6.09. The standard InChI is InChI=1S/C10H21NO2/c1-8-3-4-9(5-8)11-10(2,6-12)7-13/h8-9,11-13H,3-7H2,1-2H3. The molecule has 1 aliphatic rings. The van der Waals surface area contributed by atoms with Crippen molar-refractivity contribution in [3.05, 3.63) is 0 Å². The molecular formula is C10H21NO2. The van der Waals surface area contributed by atoms with Crippen LogP contribution in [-0.4, -0.2) is 35.0 Å². The van der Waals surface area contributed by atoms with E-state index in [1.807, 2.05) is 6.92 Å². The van der Waals surface area contributed by atoms with Crippen LogP contribution in [0.1, 0.15) is 33.1 Å². The van der Waals surface area contributed by atoms with Gasteiger partial charge in [-0.2, -0.15) is 0 Å². The number of nitrogens with one attached hydrogen (secondary N) is 1. The third kappa shape index (κ3) is 2.93. The monoisotopic (exact) mass is 187 g/mol. The minimum atomic E-state index is -0.505. The Bertz CT molecular complexity index is 157. The first kappa shape index (κ1) is 11.0. The normalized spacial score (nSPS) is 29.5. The smallest absolute Gasteiger partial charge is 0.0633 e. The van der Waals surface area contributed by atoms with Gasteiger partial charge in [-0.15, -0.1) is 0 Å². The van der Waals surface area contributed by atoms with Gasteiger partial charge in [0, 0.05) is 6.04 Å². The molecule has 3 N–H and O–H groups in total. The van der Waals surface area contributed by atoms with Crippen LogP contribution in [0.4, 0.5) is 0 Å². The van der Waals surface area contributed by atoms with Gasteiger partial charge in [0.25, 0.3) is 0 Å². The quantitative estimate of drug-likeness (QED) is 0.601. The Hall–Kier alpha value is -0.120. The van der Waals surface area contributed by atoms with E-state index in [2.05, 4.69) is 12.2 Å². The molecule has 2 unspecified atom stereocenters. The van der Waals surface area contributed by atoms with E-state index in [0.29, 0.717) is 6.04 Å². The fourth-order valence-electron chi connectivity index (χ4n) is 1.97. The van der Waals surface area contributed by atoms with Crippen LogP contribution in [0.3, 0.4) is 0 Å². The molecule has 1 aliphatic carbocycles. The Morgan fingerprint density at radius 3 is 2.31 bits per heavy atom. The highest BCUT2D eigenvalue weighted by molar-refractivity contribution is 4.88. The van der Waals surface area contributed by atoms with Crippen molar-refractivity contribution in [2.75, 3.05) is 13.2 Å². The summed E-state index contributed by atoms with van der Waals surface area (Å²) in [6, 6.07) is 0.472. The van der Waals surface area contributed by atoms with Crippen LogP contribution in [0.25, 0.3) is 0 Å². The van der Waals surface area contributed by atoms with Gasteiger partial charge >= 0.3 is 0 Å². The molecular weight excluding hydrogens is 166 g/mol. The van der Waals surface area contributed by atoms with Crippen LogP contribution in [0.2, 0.25) is 0 Å². The van der Waals surface area contributed by atoms with Crippen LogP contribution in [-0.2, 0) is 0 Å². The molecule has 0 bridgehead atoms. The molecule has 0 saturated heterocycles. The zero-order chi connectivity index (χ0) is 9.90. The summed E-state index contributed by atoms with van der Waals surface area (Å²) in [5, 5.41) is 21.5. The van der Waals surface area contributed by atoms with Crippen molar-refractivity contribution >= 4 is 0 Å². The molecule has 2 atom stereocenters. The van der Waals surface area contributed by atoms with Crippen LogP contribution in [0.5, 0.6) is 0 Å². The second-order valence-corrected chi connectivity index (χ2v) is 4.64. The topological polar surface area (TPSA) is 52.5 Å². The van der Waals surface area contributed by atoms with Crippen molar-refractivity contribution in [1.82, 2.24) is 5.32 Å². The summed E-state index contributed by atoms with van der Waals surface area (Å²) in [6.07, 6.45) is 3.58. The van der Waals surface area contributed by atoms with Crippen molar-refractivity contribution in [1.29, 1.82) is 0 Å². The van der Waals surface area contributed by atoms with Crippen molar-refractivity contribution in [3.8, 4) is 0 Å². The highest BCUT2D eigenvalue weighted by atomic mass is 16.3. The van der Waals surface area contributed by atoms with Gasteiger partial charge in [-0.1, -0.05) is 6.92 Å². The molecule has 0 aromatic heterocycles. The lowest BCUT2D eigenvalue weighted by molar-refractivity contribution is 0.0940. The molecule has 1 fully saturated rings. The van der Waals surface area contributed by atoms with E-state index in [0.717, 1.165) is 18.8 Å². The lowest BCUT2D eigenvalue weighted by Gasteiger charge is -2.30. The van der Waals surface area contributed by atoms with E-state index in [4.69, 9.17) is 10.2 Å². The lowest BCUT2D eigenvalue weighted by Crippen LogP contribution is -2.52. The Morgan fingerprint density at radius 1 is 1.31 bits per heavy atom. The van der Waals surface area contributed by atoms with Crippen LogP contribution >= 0.6 is 0 Å². The van der Waals surface area contributed by atoms with Gasteiger partial charge in [0.05, 0.1) is 18.8 Å². The van der Waals surface area contributed by atoms with Crippen molar-refractivity contribution in [2.24, 2.45) is 5.92 Å². The maximum absolute atomic E-state index is 9.09. The Kier molecular flexibility index (Phi) is 3.71. The molecule has 0 aromatic rings. The molecule has 1 rings (SSSR count). The van der Waals surface area contributed by atoms with Gasteiger partial charge in [-0.05, 0) is 32.1 Å². The van der Waals surface area contributed by atoms with Crippen LogP contribution in [0, 0.1) is 5.92 Å². The highest BCUT2D eigenvalue weighted by Gasteiger charge is 2.29. The number of rotatable bonds is 4. The molecule has 13 heavy (non-hydrogen) atoms. The summed E-state index contributed by atoms with van der Waals surface area (Å²) < 4.78 is 0. The maximum atomic E-state index is 9.09. The Morgan fingerprint density at radius 2 is 1.92 bits per heavy atom. The summed E-state index contributed by atoms with van der Waals surface area (Å²) in [7, 11) is 0. The highest BCUT2D eigenvalue weighted by Crippen LogP contribution is 2.26. The number of hydrogen-bond acceptors (Lipinski definition) is 3. The van der Waals surface area contributed by atoms with Gasteiger partial charge < -0.3 is 15.5 Å². The van der Waals surface area contributed by atoms with E-state index in [9.17, 15) is 0 Å². The first-order valence-electron chi connectivity index (χ1n) is 5.09. The van der Waals surface area contributed by atoms with Crippen molar-refractivity contribution < 1.29 is 10.2 Å². The summed E-state index contributed by atoms with van der Waals surface area (Å²) in [6.45, 7) is 4.09. The molecule has 0 spiro atoms. The fraction of sp³-hybridized carbons (Fsp3) is 1.00. The predicted octanol–water partition coefficient (Wildman–Crippen LogP) is 0.508. The molecule has 0 radical (unpaired) electrons. The van der Waals surface area contributed by atoms with Gasteiger partial charge in [-0.25, -0.2) is 0 Å². The van der Waals surface area contributed by atoms with Gasteiger partial charge in [0.15, 0.2) is 0 Å². The lowest BCUT2D eigenvalue weighted by atomic mass is 10.0. The second kappa shape index (κ2) is 4.40. The van der Waals surface area contributed by atoms with Crippen LogP contribution in [0.15, 0.2) is 0 Å². The van der Waals surface area contributed by atoms with E-state index >= 15 is 0 Å². The zero-order valence-electron chi connectivity index (χ0n) is 8.58. The van der Waals surface area contributed by atoms with Crippen LogP contribution < -0.4 is 5.32 Å². The first-order valence-corrected chi connectivity index (χ1v) is 5.09. The fourth-order valence-corrected chi connectivity index (χ4v) is 1.97. The van der Waals surface area contributed by atoms with Gasteiger partial charge in [0.2, 0.25) is 0 Å². The summed E-state index contributed by atoms with van der Waals surface area (Å²) in [5.74, 6) is 0.777. The molecule has 1 saturated carbocycles. The molecule has 3 heteroatoms. The largest absolute Gasteiger partial charge is 0.394 e. The van der Waals surface area contributed by atoms with Crippen molar-refractivity contribution in [2.45, 2.75) is 44.7 Å². The zero-order valence-corrected chi connectivity index (χ0v) is 8.58. The van der Waals surface area contributed by atoms with Gasteiger partial charge in [0.1, 0.15) is 0 Å². The Labute approximate surface area is 80.2 Å². The third-order valence-electron chi connectivity index (χ3n) is 2.95. The molecule has 0 aromatic carbocycles. The summed E-state index contributed by atoms with van der Waals surface area (Å²) >= 11 is 0. The summed E-state index contributed by atoms with van der Waals surface area (Å²) in [4.78, 5) is 0. The minimum absolute atomic E-state index is 0.00557. The third-order valence-corrected chi connectivity index (χ3v) is 2.95. The SMILES string of the molecule is CC1CCC(NC(C)(CO)CO)C1. The van der Waals surface area contributed by atoms with E-state index in [1.165, 1.54) is 6.42 Å². The molecule has 0 aliphatic heterocycles. The minimum Gasteiger partial charge on any atom is -0.394 e. The maximum Gasteiger partial charge on any atom is 0.0633 e.